The SMILES string of the molecule is CC(CN1C(=O)c2ccc3c4c(ccc(c24)C1=O)C(=O)N(CC(C)c1ccccc1)C3=O)c1ccccc1. The molecule has 0 saturated carbocycles. The Morgan fingerprint density at radius 1 is 0.474 bits per heavy atom. The van der Waals surface area contributed by atoms with Crippen molar-refractivity contribution in [1.82, 2.24) is 9.80 Å². The van der Waals surface area contributed by atoms with Gasteiger partial charge in [-0.3, -0.25) is 29.0 Å². The highest BCUT2D eigenvalue weighted by Gasteiger charge is 2.40. The third-order valence-electron chi connectivity index (χ3n) is 7.71. The summed E-state index contributed by atoms with van der Waals surface area (Å²) >= 11 is 0. The molecule has 2 aliphatic rings. The Hall–Kier alpha value is -4.58. The maximum atomic E-state index is 13.6. The molecule has 0 spiro atoms. The number of amides is 4. The zero-order chi connectivity index (χ0) is 26.6. The van der Waals surface area contributed by atoms with E-state index in [9.17, 15) is 19.2 Å². The van der Waals surface area contributed by atoms with E-state index in [1.54, 1.807) is 24.3 Å². The first-order valence-electron chi connectivity index (χ1n) is 12.8. The fourth-order valence-electron chi connectivity index (χ4n) is 5.63. The normalized spacial score (nSPS) is 16.3. The van der Waals surface area contributed by atoms with Gasteiger partial charge in [0.05, 0.1) is 0 Å². The minimum Gasteiger partial charge on any atom is -0.274 e. The molecule has 0 bridgehead atoms. The van der Waals surface area contributed by atoms with Crippen molar-refractivity contribution in [2.24, 2.45) is 0 Å². The molecule has 0 radical (unpaired) electrons. The van der Waals surface area contributed by atoms with E-state index >= 15 is 0 Å². The van der Waals surface area contributed by atoms with Crippen molar-refractivity contribution in [3.8, 4) is 0 Å². The van der Waals surface area contributed by atoms with Crippen molar-refractivity contribution in [3.05, 3.63) is 118 Å². The van der Waals surface area contributed by atoms with Crippen LogP contribution < -0.4 is 0 Å². The van der Waals surface area contributed by atoms with E-state index in [0.717, 1.165) is 11.1 Å². The molecular weight excluding hydrogens is 476 g/mol. The van der Waals surface area contributed by atoms with Crippen LogP contribution in [0.25, 0.3) is 10.8 Å². The van der Waals surface area contributed by atoms with E-state index < -0.39 is 23.6 Å². The number of carbonyl (C=O) groups is 4. The van der Waals surface area contributed by atoms with Crippen LogP contribution in [0.5, 0.6) is 0 Å². The summed E-state index contributed by atoms with van der Waals surface area (Å²) in [6.45, 7) is 4.42. The van der Waals surface area contributed by atoms with Gasteiger partial charge in [0.2, 0.25) is 0 Å². The van der Waals surface area contributed by atoms with Crippen molar-refractivity contribution in [3.63, 3.8) is 0 Å². The van der Waals surface area contributed by atoms with Gasteiger partial charge >= 0.3 is 0 Å². The lowest BCUT2D eigenvalue weighted by Crippen LogP contribution is -2.45. The minimum atomic E-state index is -0.408. The molecule has 4 amide bonds. The maximum Gasteiger partial charge on any atom is 0.261 e. The summed E-state index contributed by atoms with van der Waals surface area (Å²) in [5, 5.41) is 0.798. The number of hydrogen-bond acceptors (Lipinski definition) is 4. The van der Waals surface area contributed by atoms with Crippen molar-refractivity contribution < 1.29 is 19.2 Å². The quantitative estimate of drug-likeness (QED) is 0.320. The van der Waals surface area contributed by atoms with Crippen LogP contribution in [0.15, 0.2) is 84.9 Å². The van der Waals surface area contributed by atoms with Gasteiger partial charge in [0, 0.05) is 46.1 Å². The molecule has 6 rings (SSSR count). The van der Waals surface area contributed by atoms with Crippen molar-refractivity contribution in [2.75, 3.05) is 13.1 Å². The van der Waals surface area contributed by atoms with Gasteiger partial charge in [-0.2, -0.15) is 0 Å². The van der Waals surface area contributed by atoms with E-state index in [1.165, 1.54) is 9.80 Å². The van der Waals surface area contributed by atoms with Gasteiger partial charge in [0.15, 0.2) is 0 Å². The van der Waals surface area contributed by atoms with Gasteiger partial charge in [-0.25, -0.2) is 0 Å². The van der Waals surface area contributed by atoms with Crippen molar-refractivity contribution in [1.29, 1.82) is 0 Å². The highest BCUT2D eigenvalue weighted by molar-refractivity contribution is 6.33. The fourth-order valence-corrected chi connectivity index (χ4v) is 5.63. The summed E-state index contributed by atoms with van der Waals surface area (Å²) in [6.07, 6.45) is 0. The number of benzene rings is 4. The van der Waals surface area contributed by atoms with E-state index in [-0.39, 0.29) is 24.9 Å². The molecule has 38 heavy (non-hydrogen) atoms. The second-order valence-electron chi connectivity index (χ2n) is 10.1. The van der Waals surface area contributed by atoms with Gasteiger partial charge in [-0.05, 0) is 47.2 Å². The van der Waals surface area contributed by atoms with E-state index in [2.05, 4.69) is 0 Å². The summed E-state index contributed by atoms with van der Waals surface area (Å²) in [6, 6.07) is 26.0. The van der Waals surface area contributed by atoms with Crippen LogP contribution in [-0.2, 0) is 0 Å². The first-order chi connectivity index (χ1) is 18.4. The van der Waals surface area contributed by atoms with Crippen LogP contribution in [0.2, 0.25) is 0 Å². The molecule has 6 nitrogen and oxygen atoms in total. The summed E-state index contributed by atoms with van der Waals surface area (Å²) in [7, 11) is 0. The molecule has 0 aliphatic carbocycles. The number of rotatable bonds is 6. The lowest BCUT2D eigenvalue weighted by molar-refractivity contribution is 0.0581. The van der Waals surface area contributed by atoms with Crippen LogP contribution in [-0.4, -0.2) is 46.5 Å². The largest absolute Gasteiger partial charge is 0.274 e. The molecule has 0 fully saturated rings. The molecule has 0 aromatic heterocycles. The smallest absolute Gasteiger partial charge is 0.261 e. The van der Waals surface area contributed by atoms with Gasteiger partial charge in [-0.15, -0.1) is 0 Å². The van der Waals surface area contributed by atoms with Gasteiger partial charge < -0.3 is 0 Å². The average Bonchev–Trinajstić information content (AvgIpc) is 2.95. The number of imide groups is 2. The van der Waals surface area contributed by atoms with Gasteiger partial charge in [0.1, 0.15) is 0 Å². The minimum absolute atomic E-state index is 0.0538. The zero-order valence-corrected chi connectivity index (χ0v) is 21.2. The Kier molecular flexibility index (Phi) is 5.68. The van der Waals surface area contributed by atoms with Gasteiger partial charge in [-0.1, -0.05) is 74.5 Å². The summed E-state index contributed by atoms with van der Waals surface area (Å²) in [5.74, 6) is -1.74. The van der Waals surface area contributed by atoms with Crippen LogP contribution in [0.1, 0.15) is 78.2 Å². The first kappa shape index (κ1) is 23.8. The molecule has 0 N–H and O–H groups in total. The molecule has 2 unspecified atom stereocenters. The number of nitrogens with zero attached hydrogens (tertiary/aromatic N) is 2. The Balaban J connectivity index is 1.37. The Morgan fingerprint density at radius 3 is 1.05 bits per heavy atom. The second-order valence-corrected chi connectivity index (χ2v) is 10.1. The predicted molar refractivity (Wildman–Crippen MR) is 144 cm³/mol. The lowest BCUT2D eigenvalue weighted by atomic mass is 9.85. The maximum absolute atomic E-state index is 13.6. The molecule has 2 atom stereocenters. The van der Waals surface area contributed by atoms with Crippen LogP contribution >= 0.6 is 0 Å². The van der Waals surface area contributed by atoms with E-state index in [4.69, 9.17) is 0 Å². The summed E-state index contributed by atoms with van der Waals surface area (Å²) < 4.78 is 0. The molecule has 6 heteroatoms. The molecule has 188 valence electrons. The van der Waals surface area contributed by atoms with Crippen molar-refractivity contribution in [2.45, 2.75) is 25.7 Å². The fraction of sp³-hybridized carbons (Fsp3) is 0.188. The molecular formula is C32H26N2O4. The highest BCUT2D eigenvalue weighted by Crippen LogP contribution is 2.38. The monoisotopic (exact) mass is 502 g/mol. The van der Waals surface area contributed by atoms with Gasteiger partial charge in [0.25, 0.3) is 23.6 Å². The van der Waals surface area contributed by atoms with E-state index in [0.29, 0.717) is 33.0 Å². The number of hydrogen-bond donors (Lipinski definition) is 0. The van der Waals surface area contributed by atoms with Crippen molar-refractivity contribution >= 4 is 34.4 Å². The Bertz CT molecular complexity index is 1440. The summed E-state index contributed by atoms with van der Waals surface area (Å²) in [5.41, 5.74) is 3.42. The predicted octanol–water partition coefficient (Wildman–Crippen LogP) is 5.64. The highest BCUT2D eigenvalue weighted by atomic mass is 16.2. The van der Waals surface area contributed by atoms with Crippen LogP contribution in [0.4, 0.5) is 0 Å². The Labute approximate surface area is 220 Å². The van der Waals surface area contributed by atoms with Crippen LogP contribution in [0.3, 0.4) is 0 Å². The third-order valence-corrected chi connectivity index (χ3v) is 7.71. The molecule has 0 saturated heterocycles. The average molecular weight is 503 g/mol. The zero-order valence-electron chi connectivity index (χ0n) is 21.2. The number of carbonyl (C=O) groups excluding carboxylic acids is 4. The lowest BCUT2D eigenvalue weighted by Gasteiger charge is -2.33. The van der Waals surface area contributed by atoms with Crippen LogP contribution in [0, 0.1) is 0 Å². The molecule has 4 aromatic carbocycles. The van der Waals surface area contributed by atoms with E-state index in [1.807, 2.05) is 74.5 Å². The summed E-state index contributed by atoms with van der Waals surface area (Å²) in [4.78, 5) is 56.8. The topological polar surface area (TPSA) is 74.8 Å². The third kappa shape index (κ3) is 3.64. The molecule has 2 heterocycles. The molecule has 2 aliphatic heterocycles. The standard InChI is InChI=1S/C32H26N2O4/c1-19(21-9-5-3-6-10-21)17-33-29(35)23-13-15-25-28-26(16-14-24(27(23)28)30(33)36)32(38)34(31(25)37)18-20(2)22-11-7-4-8-12-22/h3-16,19-20H,17-18H2,1-2H3. The Morgan fingerprint density at radius 2 is 0.763 bits per heavy atom. The first-order valence-corrected chi connectivity index (χ1v) is 12.8. The molecule has 4 aromatic rings. The second kappa shape index (κ2) is 9.06.